The highest BCUT2D eigenvalue weighted by Crippen LogP contribution is 2.25. The van der Waals surface area contributed by atoms with Crippen molar-refractivity contribution >= 4 is 5.97 Å². The first-order valence-electron chi connectivity index (χ1n) is 6.51. The van der Waals surface area contributed by atoms with Crippen LogP contribution in [0.5, 0.6) is 5.75 Å². The molecule has 2 rings (SSSR count). The highest BCUT2D eigenvalue weighted by Gasteiger charge is 2.12. The third-order valence-electron chi connectivity index (χ3n) is 3.26. The Hall–Kier alpha value is -2.56. The standard InChI is InChI=1S/C16H17NO4/c1-10-4-5-15(21-3)13(6-10)17-9-12(8-16(19)20)14(18)7-11(17)2/h4-7,9H,8H2,1-3H3,(H,19,20). The molecule has 0 aliphatic heterocycles. The van der Waals surface area contributed by atoms with Gasteiger partial charge in [0.05, 0.1) is 19.2 Å². The molecule has 0 aliphatic rings. The fourth-order valence-electron chi connectivity index (χ4n) is 2.22. The van der Waals surface area contributed by atoms with Crippen LogP contribution < -0.4 is 10.2 Å². The summed E-state index contributed by atoms with van der Waals surface area (Å²) in [6, 6.07) is 7.15. The second-order valence-corrected chi connectivity index (χ2v) is 4.92. The van der Waals surface area contributed by atoms with Crippen molar-refractivity contribution in [3.05, 3.63) is 57.5 Å². The molecule has 5 heteroatoms. The van der Waals surface area contributed by atoms with Crippen LogP contribution in [0.3, 0.4) is 0 Å². The van der Waals surface area contributed by atoms with E-state index in [0.717, 1.165) is 16.9 Å². The maximum Gasteiger partial charge on any atom is 0.308 e. The number of aromatic nitrogens is 1. The van der Waals surface area contributed by atoms with Crippen molar-refractivity contribution in [2.45, 2.75) is 20.3 Å². The van der Waals surface area contributed by atoms with Crippen LogP contribution in [0.4, 0.5) is 0 Å². The first-order valence-corrected chi connectivity index (χ1v) is 6.51. The van der Waals surface area contributed by atoms with Gasteiger partial charge < -0.3 is 14.4 Å². The van der Waals surface area contributed by atoms with Crippen LogP contribution in [-0.4, -0.2) is 22.8 Å². The molecule has 0 bridgehead atoms. The zero-order chi connectivity index (χ0) is 15.6. The van der Waals surface area contributed by atoms with Gasteiger partial charge in [0.1, 0.15) is 5.75 Å². The third kappa shape index (κ3) is 3.13. The van der Waals surface area contributed by atoms with Gasteiger partial charge in [-0.25, -0.2) is 0 Å². The Bertz CT molecular complexity index is 746. The summed E-state index contributed by atoms with van der Waals surface area (Å²) in [7, 11) is 1.57. The Morgan fingerprint density at radius 3 is 2.62 bits per heavy atom. The molecule has 0 radical (unpaired) electrons. The van der Waals surface area contributed by atoms with Crippen molar-refractivity contribution in [1.29, 1.82) is 0 Å². The lowest BCUT2D eigenvalue weighted by Gasteiger charge is -2.16. The van der Waals surface area contributed by atoms with Crippen LogP contribution in [0.1, 0.15) is 16.8 Å². The largest absolute Gasteiger partial charge is 0.495 e. The molecular formula is C16H17NO4. The van der Waals surface area contributed by atoms with Crippen LogP contribution in [0.25, 0.3) is 5.69 Å². The predicted molar refractivity (Wildman–Crippen MR) is 79.4 cm³/mol. The number of methoxy groups -OCH3 is 1. The van der Waals surface area contributed by atoms with E-state index in [1.807, 2.05) is 25.1 Å². The molecule has 0 fully saturated rings. The van der Waals surface area contributed by atoms with Crippen molar-refractivity contribution in [3.8, 4) is 11.4 Å². The third-order valence-corrected chi connectivity index (χ3v) is 3.26. The number of hydrogen-bond donors (Lipinski definition) is 1. The minimum atomic E-state index is -1.03. The molecular weight excluding hydrogens is 270 g/mol. The summed E-state index contributed by atoms with van der Waals surface area (Å²) in [5, 5.41) is 8.89. The highest BCUT2D eigenvalue weighted by molar-refractivity contribution is 5.70. The summed E-state index contributed by atoms with van der Waals surface area (Å²) in [4.78, 5) is 22.7. The molecule has 0 aliphatic carbocycles. The molecule has 1 aromatic heterocycles. The minimum absolute atomic E-state index is 0.247. The number of aryl methyl sites for hydroxylation is 2. The average molecular weight is 287 g/mol. The number of rotatable bonds is 4. The summed E-state index contributed by atoms with van der Waals surface area (Å²) in [5.74, 6) is -0.368. The second kappa shape index (κ2) is 5.83. The van der Waals surface area contributed by atoms with Gasteiger partial charge in [-0.2, -0.15) is 0 Å². The van der Waals surface area contributed by atoms with Gasteiger partial charge in [0, 0.05) is 23.5 Å². The maximum absolute atomic E-state index is 11.9. The Morgan fingerprint density at radius 2 is 2.00 bits per heavy atom. The van der Waals surface area contributed by atoms with Crippen LogP contribution in [0, 0.1) is 13.8 Å². The number of benzene rings is 1. The topological polar surface area (TPSA) is 68.5 Å². The number of nitrogens with zero attached hydrogens (tertiary/aromatic N) is 1. The SMILES string of the molecule is COc1ccc(C)cc1-n1cc(CC(=O)O)c(=O)cc1C. The molecule has 2 aromatic rings. The smallest absolute Gasteiger partial charge is 0.308 e. The number of ether oxygens (including phenoxy) is 1. The lowest BCUT2D eigenvalue weighted by atomic mass is 10.1. The number of pyridine rings is 1. The molecule has 0 saturated heterocycles. The number of carboxylic acids is 1. The zero-order valence-corrected chi connectivity index (χ0v) is 12.2. The lowest BCUT2D eigenvalue weighted by Crippen LogP contribution is -2.17. The molecule has 0 unspecified atom stereocenters. The molecule has 110 valence electrons. The van der Waals surface area contributed by atoms with E-state index in [1.54, 1.807) is 24.8 Å². The van der Waals surface area contributed by atoms with Crippen molar-refractivity contribution in [1.82, 2.24) is 4.57 Å². The maximum atomic E-state index is 11.9. The van der Waals surface area contributed by atoms with Gasteiger partial charge in [-0.15, -0.1) is 0 Å². The summed E-state index contributed by atoms with van der Waals surface area (Å²) in [6.07, 6.45) is 1.27. The van der Waals surface area contributed by atoms with Crippen LogP contribution >= 0.6 is 0 Å². The molecule has 1 N–H and O–H groups in total. The number of hydrogen-bond acceptors (Lipinski definition) is 3. The summed E-state index contributed by atoms with van der Waals surface area (Å²) >= 11 is 0. The van der Waals surface area contributed by atoms with Gasteiger partial charge >= 0.3 is 5.97 Å². The minimum Gasteiger partial charge on any atom is -0.495 e. The quantitative estimate of drug-likeness (QED) is 0.935. The molecule has 21 heavy (non-hydrogen) atoms. The molecule has 1 heterocycles. The zero-order valence-electron chi connectivity index (χ0n) is 12.2. The fraction of sp³-hybridized carbons (Fsp3) is 0.250. The van der Waals surface area contributed by atoms with Gasteiger partial charge in [-0.3, -0.25) is 9.59 Å². The normalized spacial score (nSPS) is 10.4. The van der Waals surface area contributed by atoms with Gasteiger partial charge in [-0.05, 0) is 31.5 Å². The first-order chi connectivity index (χ1) is 9.92. The first kappa shape index (κ1) is 14.8. The molecule has 1 aromatic carbocycles. The van der Waals surface area contributed by atoms with E-state index in [9.17, 15) is 9.59 Å². The molecule has 0 saturated carbocycles. The van der Waals surface area contributed by atoms with Crippen molar-refractivity contribution < 1.29 is 14.6 Å². The van der Waals surface area contributed by atoms with Gasteiger partial charge in [0.2, 0.25) is 0 Å². The summed E-state index contributed by atoms with van der Waals surface area (Å²) < 4.78 is 7.13. The lowest BCUT2D eigenvalue weighted by molar-refractivity contribution is -0.136. The van der Waals surface area contributed by atoms with E-state index in [4.69, 9.17) is 9.84 Å². The van der Waals surface area contributed by atoms with E-state index < -0.39 is 5.97 Å². The van der Waals surface area contributed by atoms with E-state index in [0.29, 0.717) is 5.75 Å². The molecule has 0 spiro atoms. The van der Waals surface area contributed by atoms with Crippen LogP contribution in [0.2, 0.25) is 0 Å². The average Bonchev–Trinajstić information content (AvgIpc) is 2.41. The Kier molecular flexibility index (Phi) is 4.12. The Balaban J connectivity index is 2.66. The number of carbonyl (C=O) groups is 1. The van der Waals surface area contributed by atoms with Gasteiger partial charge in [0.15, 0.2) is 5.43 Å². The van der Waals surface area contributed by atoms with E-state index >= 15 is 0 Å². The molecule has 5 nitrogen and oxygen atoms in total. The van der Waals surface area contributed by atoms with E-state index in [1.165, 1.54) is 6.07 Å². The van der Waals surface area contributed by atoms with Crippen molar-refractivity contribution in [3.63, 3.8) is 0 Å². The monoisotopic (exact) mass is 287 g/mol. The Labute approximate surface area is 122 Å². The van der Waals surface area contributed by atoms with E-state index in [2.05, 4.69) is 0 Å². The van der Waals surface area contributed by atoms with Crippen LogP contribution in [0.15, 0.2) is 35.3 Å². The van der Waals surface area contributed by atoms with Gasteiger partial charge in [0.25, 0.3) is 0 Å². The van der Waals surface area contributed by atoms with Crippen LogP contribution in [-0.2, 0) is 11.2 Å². The molecule has 0 atom stereocenters. The summed E-state index contributed by atoms with van der Waals surface area (Å²) in [6.45, 7) is 3.76. The number of carboxylic acid groups (broad SMARTS) is 1. The summed E-state index contributed by atoms with van der Waals surface area (Å²) in [5.41, 5.74) is 2.53. The van der Waals surface area contributed by atoms with Crippen molar-refractivity contribution in [2.24, 2.45) is 0 Å². The van der Waals surface area contributed by atoms with E-state index in [-0.39, 0.29) is 17.4 Å². The fourth-order valence-corrected chi connectivity index (χ4v) is 2.22. The van der Waals surface area contributed by atoms with Gasteiger partial charge in [-0.1, -0.05) is 6.07 Å². The van der Waals surface area contributed by atoms with Crippen molar-refractivity contribution in [2.75, 3.05) is 7.11 Å². The number of aliphatic carboxylic acids is 1. The molecule has 0 amide bonds. The highest BCUT2D eigenvalue weighted by atomic mass is 16.5. The Morgan fingerprint density at radius 1 is 1.29 bits per heavy atom. The predicted octanol–water partition coefficient (Wildman–Crippen LogP) is 2.09. The second-order valence-electron chi connectivity index (χ2n) is 4.92.